The van der Waals surface area contributed by atoms with Gasteiger partial charge in [0, 0.05) is 23.1 Å². The van der Waals surface area contributed by atoms with E-state index in [1.165, 1.54) is 38.8 Å². The molecule has 1 heterocycles. The highest BCUT2D eigenvalue weighted by molar-refractivity contribution is 6.10. The molecule has 0 atom stereocenters. The fraction of sp³-hybridized carbons (Fsp3) is 0.444. The van der Waals surface area contributed by atoms with Crippen molar-refractivity contribution in [1.82, 2.24) is 4.90 Å². The third-order valence-electron chi connectivity index (χ3n) is 5.71. The third-order valence-corrected chi connectivity index (χ3v) is 5.71. The molecule has 0 spiro atoms. The molecular weight excluding hydrogens is 386 g/mol. The molecule has 3 aromatic rings. The van der Waals surface area contributed by atoms with Crippen LogP contribution in [-0.4, -0.2) is 36.9 Å². The molecule has 1 aromatic heterocycles. The molecule has 31 heavy (non-hydrogen) atoms. The molecule has 0 saturated heterocycles. The van der Waals surface area contributed by atoms with Gasteiger partial charge in [0.2, 0.25) is 5.78 Å². The van der Waals surface area contributed by atoms with Crippen LogP contribution in [0.3, 0.4) is 0 Å². The maximum atomic E-state index is 12.9. The molecule has 0 N–H and O–H groups in total. The van der Waals surface area contributed by atoms with Gasteiger partial charge in [-0.25, -0.2) is 0 Å². The lowest BCUT2D eigenvalue weighted by Gasteiger charge is -2.21. The number of nitrogens with zero attached hydrogens (tertiary/aromatic N) is 1. The van der Waals surface area contributed by atoms with Crippen molar-refractivity contribution in [2.24, 2.45) is 0 Å². The number of hydrogen-bond acceptors (Lipinski definition) is 4. The lowest BCUT2D eigenvalue weighted by atomic mass is 10.0. The highest BCUT2D eigenvalue weighted by Crippen LogP contribution is 2.27. The molecule has 0 bridgehead atoms. The van der Waals surface area contributed by atoms with Crippen molar-refractivity contribution in [3.05, 3.63) is 65.4 Å². The summed E-state index contributed by atoms with van der Waals surface area (Å²) in [4.78, 5) is 15.5. The lowest BCUT2D eigenvalue weighted by Crippen LogP contribution is -2.28. The van der Waals surface area contributed by atoms with Gasteiger partial charge in [0.25, 0.3) is 0 Å². The number of carbonyl (C=O) groups is 1. The predicted octanol–water partition coefficient (Wildman–Crippen LogP) is 6.64. The molecule has 4 nitrogen and oxygen atoms in total. The van der Waals surface area contributed by atoms with E-state index in [0.29, 0.717) is 17.9 Å². The molecule has 2 aromatic carbocycles. The van der Waals surface area contributed by atoms with Crippen molar-refractivity contribution < 1.29 is 13.9 Å². The zero-order valence-corrected chi connectivity index (χ0v) is 19.2. The first-order valence-corrected chi connectivity index (χ1v) is 11.6. The Kier molecular flexibility index (Phi) is 8.72. The van der Waals surface area contributed by atoms with E-state index in [0.717, 1.165) is 35.2 Å². The number of rotatable bonds is 13. The quantitative estimate of drug-likeness (QED) is 0.229. The summed E-state index contributed by atoms with van der Waals surface area (Å²) in [6.45, 7) is 10.5. The van der Waals surface area contributed by atoms with Crippen LogP contribution in [0.2, 0.25) is 0 Å². The topological polar surface area (TPSA) is 42.7 Å². The Hall–Kier alpha value is -2.59. The Bertz CT molecular complexity index is 950. The molecule has 4 heteroatoms. The molecule has 0 unspecified atom stereocenters. The average molecular weight is 422 g/mol. The maximum Gasteiger partial charge on any atom is 0.228 e. The smallest absolute Gasteiger partial charge is 0.228 e. The second-order valence-corrected chi connectivity index (χ2v) is 8.16. The zero-order chi connectivity index (χ0) is 22.1. The third kappa shape index (κ3) is 6.20. The van der Waals surface area contributed by atoms with Crippen molar-refractivity contribution in [3.8, 4) is 5.75 Å². The first kappa shape index (κ1) is 23.1. The second-order valence-electron chi connectivity index (χ2n) is 8.16. The fourth-order valence-corrected chi connectivity index (χ4v) is 3.80. The molecule has 0 fully saturated rings. The van der Waals surface area contributed by atoms with E-state index in [1.54, 1.807) is 0 Å². The van der Waals surface area contributed by atoms with E-state index in [-0.39, 0.29) is 5.78 Å². The number of furan rings is 1. The van der Waals surface area contributed by atoms with Crippen LogP contribution < -0.4 is 4.74 Å². The molecule has 0 amide bonds. The largest absolute Gasteiger partial charge is 0.494 e. The van der Waals surface area contributed by atoms with Gasteiger partial charge in [-0.15, -0.1) is 0 Å². The van der Waals surface area contributed by atoms with Crippen LogP contribution in [0.15, 0.2) is 52.9 Å². The fourth-order valence-electron chi connectivity index (χ4n) is 3.80. The van der Waals surface area contributed by atoms with Crippen LogP contribution in [-0.2, 0) is 0 Å². The summed E-state index contributed by atoms with van der Waals surface area (Å²) in [6, 6.07) is 15.1. The Morgan fingerprint density at radius 3 is 2.19 bits per heavy atom. The van der Waals surface area contributed by atoms with Crippen LogP contribution in [0.25, 0.3) is 11.0 Å². The van der Waals surface area contributed by atoms with E-state index < -0.39 is 0 Å². The lowest BCUT2D eigenvalue weighted by molar-refractivity contribution is 0.101. The number of ether oxygens (including phenoxy) is 1. The zero-order valence-electron chi connectivity index (χ0n) is 19.2. The summed E-state index contributed by atoms with van der Waals surface area (Å²) in [5, 5.41) is 0.984. The van der Waals surface area contributed by atoms with Crippen LogP contribution in [0.1, 0.15) is 67.6 Å². The minimum atomic E-state index is -0.0947. The highest BCUT2D eigenvalue weighted by Gasteiger charge is 2.19. The van der Waals surface area contributed by atoms with Gasteiger partial charge < -0.3 is 14.1 Å². The van der Waals surface area contributed by atoms with Crippen LogP contribution in [0.4, 0.5) is 0 Å². The molecular formula is C27H35NO3. The van der Waals surface area contributed by atoms with Crippen LogP contribution >= 0.6 is 0 Å². The highest BCUT2D eigenvalue weighted by atomic mass is 16.5. The van der Waals surface area contributed by atoms with Gasteiger partial charge in [0.05, 0.1) is 6.61 Å². The van der Waals surface area contributed by atoms with Gasteiger partial charge in [0.15, 0.2) is 5.76 Å². The molecule has 0 radical (unpaired) electrons. The molecule has 0 aliphatic carbocycles. The predicted molar refractivity (Wildman–Crippen MR) is 127 cm³/mol. The summed E-state index contributed by atoms with van der Waals surface area (Å²) in [7, 11) is 0. The van der Waals surface area contributed by atoms with Crippen molar-refractivity contribution >= 4 is 16.8 Å². The number of ketones is 1. The Morgan fingerprint density at radius 2 is 1.55 bits per heavy atom. The number of unbranched alkanes of at least 4 members (excludes halogenated alkanes) is 2. The average Bonchev–Trinajstić information content (AvgIpc) is 3.14. The molecule has 166 valence electrons. The normalized spacial score (nSPS) is 11.4. The second kappa shape index (κ2) is 11.7. The van der Waals surface area contributed by atoms with Gasteiger partial charge in [-0.2, -0.15) is 0 Å². The minimum Gasteiger partial charge on any atom is -0.494 e. The van der Waals surface area contributed by atoms with E-state index >= 15 is 0 Å². The monoisotopic (exact) mass is 421 g/mol. The number of carbonyl (C=O) groups excluding carboxylic acids is 1. The Morgan fingerprint density at radius 1 is 0.903 bits per heavy atom. The maximum absolute atomic E-state index is 12.9. The summed E-state index contributed by atoms with van der Waals surface area (Å²) < 4.78 is 11.7. The van der Waals surface area contributed by atoms with E-state index in [1.807, 2.05) is 55.5 Å². The van der Waals surface area contributed by atoms with Gasteiger partial charge in [0.1, 0.15) is 11.3 Å². The number of hydrogen-bond donors (Lipinski definition) is 0. The minimum absolute atomic E-state index is 0.0947. The van der Waals surface area contributed by atoms with E-state index in [4.69, 9.17) is 9.15 Å². The molecule has 0 aliphatic heterocycles. The van der Waals surface area contributed by atoms with E-state index in [9.17, 15) is 4.79 Å². The summed E-state index contributed by atoms with van der Waals surface area (Å²) >= 11 is 0. The number of para-hydroxylation sites is 1. The SMILES string of the molecule is CCCCN(CCCC)CCCOc1ccc(C(=O)c2oc3ccccc3c2C)cc1. The van der Waals surface area contributed by atoms with Crippen molar-refractivity contribution in [2.75, 3.05) is 26.2 Å². The summed E-state index contributed by atoms with van der Waals surface area (Å²) in [5.74, 6) is 1.11. The number of benzene rings is 2. The summed E-state index contributed by atoms with van der Waals surface area (Å²) in [5.41, 5.74) is 2.24. The van der Waals surface area contributed by atoms with Gasteiger partial charge in [-0.1, -0.05) is 44.9 Å². The summed E-state index contributed by atoms with van der Waals surface area (Å²) in [6.07, 6.45) is 5.98. The van der Waals surface area contributed by atoms with Gasteiger partial charge in [-0.05, 0) is 69.6 Å². The van der Waals surface area contributed by atoms with E-state index in [2.05, 4.69) is 18.7 Å². The molecule has 0 saturated carbocycles. The Balaban J connectivity index is 1.52. The Labute approximate surface area is 186 Å². The van der Waals surface area contributed by atoms with Crippen LogP contribution in [0, 0.1) is 6.92 Å². The molecule has 0 aliphatic rings. The number of fused-ring (bicyclic) bond motifs is 1. The van der Waals surface area contributed by atoms with Crippen molar-refractivity contribution in [1.29, 1.82) is 0 Å². The van der Waals surface area contributed by atoms with Crippen molar-refractivity contribution in [3.63, 3.8) is 0 Å². The van der Waals surface area contributed by atoms with Gasteiger partial charge >= 0.3 is 0 Å². The van der Waals surface area contributed by atoms with Crippen molar-refractivity contribution in [2.45, 2.75) is 52.9 Å². The number of aryl methyl sites for hydroxylation is 1. The first-order chi connectivity index (χ1) is 15.1. The van der Waals surface area contributed by atoms with Gasteiger partial charge in [-0.3, -0.25) is 4.79 Å². The molecule has 3 rings (SSSR count). The van der Waals surface area contributed by atoms with Crippen LogP contribution in [0.5, 0.6) is 5.75 Å². The standard InChI is InChI=1S/C27H35NO3/c1-4-6-17-28(18-7-5-2)19-10-20-30-23-15-13-22(14-16-23)26(29)27-21(3)24-11-8-9-12-25(24)31-27/h8-9,11-16H,4-7,10,17-20H2,1-3H3. The first-order valence-electron chi connectivity index (χ1n) is 11.6.